The van der Waals surface area contributed by atoms with Crippen LogP contribution in [-0.4, -0.2) is 86.7 Å². The number of ether oxygens (including phenoxy) is 2. The van der Waals surface area contributed by atoms with E-state index in [1.807, 2.05) is 29.2 Å². The number of aliphatic carboxylic acids is 2. The van der Waals surface area contributed by atoms with Gasteiger partial charge in [0.2, 0.25) is 0 Å². The van der Waals surface area contributed by atoms with Crippen LogP contribution < -0.4 is 4.74 Å². The summed E-state index contributed by atoms with van der Waals surface area (Å²) in [5.74, 6) is -4.81. The quantitative estimate of drug-likeness (QED) is 0.549. The smallest absolute Gasteiger partial charge is 0.486 e. The number of nitrogens with zero attached hydrogens (tertiary/aromatic N) is 3. The second kappa shape index (κ2) is 13.0. The van der Waals surface area contributed by atoms with Gasteiger partial charge in [0.25, 0.3) is 5.91 Å². The van der Waals surface area contributed by atoms with E-state index < -0.39 is 24.3 Å². The number of carbonyl (C=O) groups is 3. The maximum absolute atomic E-state index is 12.8. The maximum Gasteiger partial charge on any atom is 0.490 e. The van der Waals surface area contributed by atoms with Crippen LogP contribution in [0, 0.1) is 0 Å². The molecule has 1 aliphatic carbocycles. The molecule has 0 radical (unpaired) electrons. The number of halogens is 6. The Labute approximate surface area is 210 Å². The molecule has 0 unspecified atom stereocenters. The Hall–Kier alpha value is -3.95. The van der Waals surface area contributed by atoms with Gasteiger partial charge in [-0.1, -0.05) is 6.07 Å². The number of carboxylic acid groups (broad SMARTS) is 2. The molecular weight excluding hydrogens is 532 g/mol. The van der Waals surface area contributed by atoms with Crippen molar-refractivity contribution in [3.63, 3.8) is 0 Å². The van der Waals surface area contributed by atoms with Gasteiger partial charge in [-0.3, -0.25) is 14.8 Å². The average Bonchev–Trinajstić information content (AvgIpc) is 3.27. The zero-order valence-electron chi connectivity index (χ0n) is 19.2. The van der Waals surface area contributed by atoms with Crippen LogP contribution in [0.2, 0.25) is 0 Å². The lowest BCUT2D eigenvalue weighted by Gasteiger charge is -2.38. The van der Waals surface area contributed by atoms with Crippen LogP contribution >= 0.6 is 0 Å². The largest absolute Gasteiger partial charge is 0.490 e. The molecule has 1 amide bonds. The normalized spacial score (nSPS) is 20.6. The Bertz CT molecular complexity index is 1050. The zero-order valence-corrected chi connectivity index (χ0v) is 19.2. The summed E-state index contributed by atoms with van der Waals surface area (Å²) in [4.78, 5) is 40.7. The maximum atomic E-state index is 12.8. The highest BCUT2D eigenvalue weighted by atomic mass is 19.4. The number of hydrogen-bond donors (Lipinski definition) is 2. The number of rotatable bonds is 3. The van der Waals surface area contributed by atoms with Gasteiger partial charge in [-0.25, -0.2) is 9.59 Å². The Morgan fingerprint density at radius 2 is 1.58 bits per heavy atom. The molecule has 3 heterocycles. The van der Waals surface area contributed by atoms with Crippen molar-refractivity contribution >= 4 is 17.8 Å². The second-order valence-corrected chi connectivity index (χ2v) is 7.64. The van der Waals surface area contributed by atoms with Crippen molar-refractivity contribution in [2.45, 2.75) is 43.4 Å². The minimum atomic E-state index is -5.08. The average molecular weight is 553 g/mol. The predicted molar refractivity (Wildman–Crippen MR) is 114 cm³/mol. The van der Waals surface area contributed by atoms with E-state index in [-0.39, 0.29) is 24.2 Å². The number of aromatic nitrogens is 2. The van der Waals surface area contributed by atoms with E-state index in [0.717, 1.165) is 18.6 Å². The fraction of sp³-hybridized carbons (Fsp3) is 0.409. The van der Waals surface area contributed by atoms with Crippen molar-refractivity contribution < 1.29 is 60.4 Å². The number of amides is 1. The van der Waals surface area contributed by atoms with Crippen LogP contribution in [0.25, 0.3) is 0 Å². The summed E-state index contributed by atoms with van der Waals surface area (Å²) in [5, 5.41) is 14.2. The third-order valence-electron chi connectivity index (χ3n) is 5.09. The Morgan fingerprint density at radius 1 is 0.947 bits per heavy atom. The number of morpholine rings is 1. The highest BCUT2D eigenvalue weighted by Crippen LogP contribution is 2.33. The van der Waals surface area contributed by atoms with Crippen LogP contribution in [0.1, 0.15) is 23.3 Å². The number of carbonyl (C=O) groups excluding carboxylic acids is 1. The van der Waals surface area contributed by atoms with E-state index in [0.29, 0.717) is 18.8 Å². The third kappa shape index (κ3) is 8.86. The molecule has 2 aromatic heterocycles. The van der Waals surface area contributed by atoms with E-state index in [2.05, 4.69) is 9.97 Å². The second-order valence-electron chi connectivity index (χ2n) is 7.64. The number of carboxylic acids is 2. The van der Waals surface area contributed by atoms with Crippen LogP contribution in [0.5, 0.6) is 5.75 Å². The van der Waals surface area contributed by atoms with Crippen molar-refractivity contribution in [3.05, 3.63) is 54.6 Å². The van der Waals surface area contributed by atoms with Crippen LogP contribution in [0.3, 0.4) is 0 Å². The molecule has 3 atom stereocenters. The van der Waals surface area contributed by atoms with E-state index in [4.69, 9.17) is 29.3 Å². The van der Waals surface area contributed by atoms with Gasteiger partial charge in [0, 0.05) is 18.9 Å². The summed E-state index contributed by atoms with van der Waals surface area (Å²) in [6, 6.07) is 9.17. The van der Waals surface area contributed by atoms with Gasteiger partial charge < -0.3 is 24.6 Å². The third-order valence-corrected chi connectivity index (χ3v) is 5.09. The molecular formula is C22H21F6N3O7. The summed E-state index contributed by atoms with van der Waals surface area (Å²) >= 11 is 0. The zero-order chi connectivity index (χ0) is 28.5. The molecule has 1 saturated carbocycles. The summed E-state index contributed by atoms with van der Waals surface area (Å²) in [7, 11) is 0. The van der Waals surface area contributed by atoms with Gasteiger partial charge in [0.1, 0.15) is 23.7 Å². The minimum Gasteiger partial charge on any atom is -0.486 e. The predicted octanol–water partition coefficient (Wildman–Crippen LogP) is 3.19. The molecule has 0 aromatic carbocycles. The van der Waals surface area contributed by atoms with Gasteiger partial charge in [0.05, 0.1) is 18.8 Å². The topological polar surface area (TPSA) is 139 Å². The lowest BCUT2D eigenvalue weighted by atomic mass is 10.1. The van der Waals surface area contributed by atoms with Gasteiger partial charge in [0.15, 0.2) is 0 Å². The first kappa shape index (κ1) is 30.3. The molecule has 4 rings (SSSR count). The van der Waals surface area contributed by atoms with Crippen LogP contribution in [0.4, 0.5) is 26.3 Å². The van der Waals surface area contributed by atoms with E-state index in [1.165, 1.54) is 0 Å². The van der Waals surface area contributed by atoms with Crippen molar-refractivity contribution in [2.24, 2.45) is 0 Å². The van der Waals surface area contributed by atoms with Gasteiger partial charge in [-0.05, 0) is 37.1 Å². The van der Waals surface area contributed by atoms with Crippen molar-refractivity contribution in [3.8, 4) is 5.75 Å². The van der Waals surface area contributed by atoms with Gasteiger partial charge in [-0.15, -0.1) is 0 Å². The molecule has 208 valence electrons. The lowest BCUT2D eigenvalue weighted by molar-refractivity contribution is -0.193. The summed E-state index contributed by atoms with van der Waals surface area (Å²) in [6.45, 7) is 1.11. The molecule has 0 bridgehead atoms. The first-order valence-electron chi connectivity index (χ1n) is 10.7. The lowest BCUT2D eigenvalue weighted by Crippen LogP contribution is -2.54. The molecule has 2 aliphatic rings. The van der Waals surface area contributed by atoms with Gasteiger partial charge in [-0.2, -0.15) is 26.3 Å². The molecule has 2 fully saturated rings. The number of alkyl halides is 6. The fourth-order valence-electron chi connectivity index (χ4n) is 3.52. The molecule has 16 heteroatoms. The van der Waals surface area contributed by atoms with Crippen molar-refractivity contribution in [1.29, 1.82) is 0 Å². The first-order chi connectivity index (χ1) is 17.7. The number of pyridine rings is 2. The minimum absolute atomic E-state index is 0.0315. The number of hydrogen-bond acceptors (Lipinski definition) is 7. The highest BCUT2D eigenvalue weighted by molar-refractivity contribution is 5.92. The molecule has 2 N–H and O–H groups in total. The molecule has 1 aliphatic heterocycles. The van der Waals surface area contributed by atoms with Crippen molar-refractivity contribution in [2.75, 3.05) is 13.2 Å². The molecule has 0 spiro atoms. The summed E-state index contributed by atoms with van der Waals surface area (Å²) in [5.41, 5.74) is 0.481. The molecule has 1 saturated heterocycles. The first-order valence-corrected chi connectivity index (χ1v) is 10.7. The Kier molecular flexibility index (Phi) is 10.4. The van der Waals surface area contributed by atoms with E-state index in [1.54, 1.807) is 24.7 Å². The SMILES string of the molecule is O=C(O)C(F)(F)F.O=C(O)C(F)(F)F.O=C(c1ccccn1)N1CCO[C@H]2[C@H](Oc3cccnc3)CC[C@@H]21. The summed E-state index contributed by atoms with van der Waals surface area (Å²) in [6.07, 6.45) is -3.54. The van der Waals surface area contributed by atoms with Crippen LogP contribution in [-0.2, 0) is 14.3 Å². The van der Waals surface area contributed by atoms with Crippen LogP contribution in [0.15, 0.2) is 48.9 Å². The fourth-order valence-corrected chi connectivity index (χ4v) is 3.52. The Morgan fingerprint density at radius 3 is 2.08 bits per heavy atom. The monoisotopic (exact) mass is 553 g/mol. The molecule has 38 heavy (non-hydrogen) atoms. The van der Waals surface area contributed by atoms with E-state index in [9.17, 15) is 31.1 Å². The Balaban J connectivity index is 0.000000301. The standard InChI is InChI=1S/C18H19N3O3.2C2HF3O2/c22-18(14-5-1-2-9-20-14)21-10-11-23-17-15(21)6-7-16(17)24-13-4-3-8-19-12-13;2*3-2(4,5)1(6)7/h1-5,8-9,12,15-17H,6-7,10-11H2;2*(H,6,7)/t15-,16+,17+;;/m0../s1. The number of fused-ring (bicyclic) bond motifs is 1. The summed E-state index contributed by atoms with van der Waals surface area (Å²) < 4.78 is 75.5. The molecule has 10 nitrogen and oxygen atoms in total. The molecule has 2 aromatic rings. The van der Waals surface area contributed by atoms with E-state index >= 15 is 0 Å². The van der Waals surface area contributed by atoms with Gasteiger partial charge >= 0.3 is 24.3 Å². The van der Waals surface area contributed by atoms with Crippen molar-refractivity contribution in [1.82, 2.24) is 14.9 Å². The highest BCUT2D eigenvalue weighted by Gasteiger charge is 2.46.